The van der Waals surface area contributed by atoms with Crippen LogP contribution >= 0.6 is 0 Å². The third-order valence-electron chi connectivity index (χ3n) is 4.85. The van der Waals surface area contributed by atoms with E-state index < -0.39 is 0 Å². The lowest BCUT2D eigenvalue weighted by atomic mass is 9.97. The molecule has 0 aliphatic carbocycles. The second-order valence-electron chi connectivity index (χ2n) is 6.50. The highest BCUT2D eigenvalue weighted by Crippen LogP contribution is 2.22. The molecule has 2 aliphatic heterocycles. The number of piperidine rings is 1. The lowest BCUT2D eigenvalue weighted by Crippen LogP contribution is -3.17. The van der Waals surface area contributed by atoms with Crippen LogP contribution < -0.4 is 9.80 Å². The first kappa shape index (κ1) is 14.3. The zero-order valence-corrected chi connectivity index (χ0v) is 12.8. The van der Waals surface area contributed by atoms with Crippen LogP contribution in [0.25, 0.3) is 0 Å². The van der Waals surface area contributed by atoms with Crippen molar-refractivity contribution >= 4 is 17.5 Å². The molecule has 2 aliphatic rings. The molecule has 0 unspecified atom stereocenters. The number of benzene rings is 1. The van der Waals surface area contributed by atoms with Crippen molar-refractivity contribution < 1.29 is 14.5 Å². The maximum atomic E-state index is 12.7. The minimum absolute atomic E-state index is 0.0200. The third kappa shape index (κ3) is 2.72. The average Bonchev–Trinajstić information content (AvgIpc) is 2.76. The topological polar surface area (TPSA) is 41.8 Å². The van der Waals surface area contributed by atoms with Gasteiger partial charge >= 0.3 is 0 Å². The van der Waals surface area contributed by atoms with E-state index in [1.807, 2.05) is 31.2 Å². The zero-order chi connectivity index (χ0) is 15.0. The van der Waals surface area contributed by atoms with Crippen LogP contribution in [0.3, 0.4) is 0 Å². The van der Waals surface area contributed by atoms with Gasteiger partial charge in [0.15, 0.2) is 6.04 Å². The monoisotopic (exact) mass is 287 g/mol. The van der Waals surface area contributed by atoms with Gasteiger partial charge in [0.1, 0.15) is 0 Å². The van der Waals surface area contributed by atoms with E-state index in [0.29, 0.717) is 12.1 Å². The van der Waals surface area contributed by atoms with Crippen LogP contribution in [0.1, 0.15) is 31.7 Å². The molecule has 1 N–H and O–H groups in total. The van der Waals surface area contributed by atoms with E-state index in [2.05, 4.69) is 6.92 Å². The fourth-order valence-electron chi connectivity index (χ4n) is 3.40. The van der Waals surface area contributed by atoms with E-state index in [9.17, 15) is 9.59 Å². The molecule has 0 saturated carbocycles. The molecule has 2 fully saturated rings. The normalized spacial score (nSPS) is 30.0. The highest BCUT2D eigenvalue weighted by molar-refractivity contribution is 6.21. The molecule has 0 spiro atoms. The summed E-state index contributed by atoms with van der Waals surface area (Å²) >= 11 is 0. The van der Waals surface area contributed by atoms with Crippen molar-refractivity contribution in [3.05, 3.63) is 29.8 Å². The highest BCUT2D eigenvalue weighted by atomic mass is 16.2. The molecule has 0 radical (unpaired) electrons. The summed E-state index contributed by atoms with van der Waals surface area (Å²) in [6.07, 6.45) is 2.66. The van der Waals surface area contributed by atoms with E-state index in [1.165, 1.54) is 9.80 Å². The number of anilines is 1. The number of hydrogen-bond acceptors (Lipinski definition) is 2. The SMILES string of the molecule is Cc1ccc(N2C(=O)C[C@H]([NH+]3CCC(C)CC3)C2=O)cc1. The molecule has 2 heterocycles. The number of hydrogen-bond donors (Lipinski definition) is 1. The number of rotatable bonds is 2. The Morgan fingerprint density at radius 3 is 2.33 bits per heavy atom. The molecule has 4 heteroatoms. The van der Waals surface area contributed by atoms with Gasteiger partial charge in [-0.25, -0.2) is 4.90 Å². The van der Waals surface area contributed by atoms with Gasteiger partial charge in [0.25, 0.3) is 5.91 Å². The summed E-state index contributed by atoms with van der Waals surface area (Å²) in [4.78, 5) is 27.6. The van der Waals surface area contributed by atoms with Crippen LogP contribution in [0.15, 0.2) is 24.3 Å². The lowest BCUT2D eigenvalue weighted by molar-refractivity contribution is -0.920. The molecular weight excluding hydrogens is 264 g/mol. The third-order valence-corrected chi connectivity index (χ3v) is 4.85. The lowest BCUT2D eigenvalue weighted by Gasteiger charge is -2.30. The van der Waals surface area contributed by atoms with Gasteiger partial charge in [0, 0.05) is 0 Å². The average molecular weight is 287 g/mol. The van der Waals surface area contributed by atoms with Gasteiger partial charge in [0.2, 0.25) is 5.91 Å². The summed E-state index contributed by atoms with van der Waals surface area (Å²) in [6, 6.07) is 7.44. The van der Waals surface area contributed by atoms with Crippen LogP contribution in [0.2, 0.25) is 0 Å². The molecule has 1 aromatic carbocycles. The zero-order valence-electron chi connectivity index (χ0n) is 12.8. The number of nitrogens with one attached hydrogen (secondary N) is 1. The Kier molecular flexibility index (Phi) is 3.81. The van der Waals surface area contributed by atoms with Crippen LogP contribution in [-0.2, 0) is 9.59 Å². The van der Waals surface area contributed by atoms with Gasteiger partial charge in [-0.2, -0.15) is 0 Å². The smallest absolute Gasteiger partial charge is 0.292 e. The van der Waals surface area contributed by atoms with Gasteiger partial charge in [-0.05, 0) is 37.8 Å². The van der Waals surface area contributed by atoms with E-state index in [4.69, 9.17) is 0 Å². The molecular formula is C17H23N2O2+. The van der Waals surface area contributed by atoms with E-state index >= 15 is 0 Å². The Hall–Kier alpha value is -1.68. The molecule has 0 bridgehead atoms. The Bertz CT molecular complexity index is 544. The standard InChI is InChI=1S/C17H22N2O2/c1-12-3-5-14(6-4-12)19-16(20)11-15(17(19)21)18-9-7-13(2)8-10-18/h3-6,13,15H,7-11H2,1-2H3/p+1/t15-/m0/s1. The summed E-state index contributed by atoms with van der Waals surface area (Å²) in [5.41, 5.74) is 1.84. The molecule has 2 saturated heterocycles. The highest BCUT2D eigenvalue weighted by Gasteiger charge is 2.46. The number of quaternary nitrogens is 1. The number of aryl methyl sites for hydroxylation is 1. The summed E-state index contributed by atoms with van der Waals surface area (Å²) in [7, 11) is 0. The van der Waals surface area contributed by atoms with Gasteiger partial charge in [-0.1, -0.05) is 24.6 Å². The second kappa shape index (κ2) is 5.60. The van der Waals surface area contributed by atoms with Gasteiger partial charge in [0.05, 0.1) is 25.2 Å². The summed E-state index contributed by atoms with van der Waals surface area (Å²) in [5, 5.41) is 0. The van der Waals surface area contributed by atoms with Crippen molar-refractivity contribution in [2.75, 3.05) is 18.0 Å². The summed E-state index contributed by atoms with van der Waals surface area (Å²) < 4.78 is 0. The van der Waals surface area contributed by atoms with E-state index in [-0.39, 0.29) is 17.9 Å². The van der Waals surface area contributed by atoms with Crippen molar-refractivity contribution in [1.29, 1.82) is 0 Å². The van der Waals surface area contributed by atoms with Crippen LogP contribution in [-0.4, -0.2) is 30.9 Å². The second-order valence-corrected chi connectivity index (χ2v) is 6.50. The Balaban J connectivity index is 1.77. The minimum Gasteiger partial charge on any atom is -0.324 e. The molecule has 2 amide bonds. The van der Waals surface area contributed by atoms with Gasteiger partial charge < -0.3 is 4.90 Å². The maximum Gasteiger partial charge on any atom is 0.292 e. The molecule has 1 aromatic rings. The van der Waals surface area contributed by atoms with Crippen LogP contribution in [0.5, 0.6) is 0 Å². The number of likely N-dealkylation sites (tertiary alicyclic amines) is 1. The van der Waals surface area contributed by atoms with Gasteiger partial charge in [-0.3, -0.25) is 9.59 Å². The number of amides is 2. The van der Waals surface area contributed by atoms with Crippen LogP contribution in [0.4, 0.5) is 5.69 Å². The summed E-state index contributed by atoms with van der Waals surface area (Å²) in [5.74, 6) is 0.669. The number of nitrogens with zero attached hydrogens (tertiary/aromatic N) is 1. The first-order valence-electron chi connectivity index (χ1n) is 7.84. The van der Waals surface area contributed by atoms with Crippen molar-refractivity contribution in [3.63, 3.8) is 0 Å². The fourth-order valence-corrected chi connectivity index (χ4v) is 3.40. The van der Waals surface area contributed by atoms with Crippen molar-refractivity contribution in [2.24, 2.45) is 5.92 Å². The Morgan fingerprint density at radius 1 is 1.10 bits per heavy atom. The van der Waals surface area contributed by atoms with E-state index in [1.54, 1.807) is 0 Å². The molecule has 1 atom stereocenters. The van der Waals surface area contributed by atoms with Crippen molar-refractivity contribution in [1.82, 2.24) is 0 Å². The van der Waals surface area contributed by atoms with E-state index in [0.717, 1.165) is 37.4 Å². The van der Waals surface area contributed by atoms with Crippen LogP contribution in [0, 0.1) is 12.8 Å². The molecule has 112 valence electrons. The predicted octanol–water partition coefficient (Wildman–Crippen LogP) is 0.942. The Labute approximate surface area is 125 Å². The molecule has 21 heavy (non-hydrogen) atoms. The maximum absolute atomic E-state index is 12.7. The Morgan fingerprint density at radius 2 is 1.71 bits per heavy atom. The van der Waals surface area contributed by atoms with Crippen molar-refractivity contribution in [3.8, 4) is 0 Å². The van der Waals surface area contributed by atoms with Crippen molar-refractivity contribution in [2.45, 2.75) is 39.2 Å². The fraction of sp³-hybridized carbons (Fsp3) is 0.529. The number of imide groups is 1. The minimum atomic E-state index is -0.175. The quantitative estimate of drug-likeness (QED) is 0.823. The molecule has 0 aromatic heterocycles. The first-order chi connectivity index (χ1) is 10.1. The summed E-state index contributed by atoms with van der Waals surface area (Å²) in [6.45, 7) is 6.27. The number of carbonyl (C=O) groups excluding carboxylic acids is 2. The number of carbonyl (C=O) groups is 2. The molecule has 4 nitrogen and oxygen atoms in total. The predicted molar refractivity (Wildman–Crippen MR) is 81.2 cm³/mol. The molecule has 3 rings (SSSR count). The van der Waals surface area contributed by atoms with Gasteiger partial charge in [-0.15, -0.1) is 0 Å². The largest absolute Gasteiger partial charge is 0.324 e. The first-order valence-corrected chi connectivity index (χ1v) is 7.84.